The highest BCUT2D eigenvalue weighted by Gasteiger charge is 2.23. The van der Waals surface area contributed by atoms with Crippen molar-refractivity contribution in [1.29, 1.82) is 0 Å². The van der Waals surface area contributed by atoms with Gasteiger partial charge >= 0.3 is 5.69 Å². The number of aromatic nitrogens is 5. The van der Waals surface area contributed by atoms with Crippen molar-refractivity contribution >= 4 is 22.7 Å². The lowest BCUT2D eigenvalue weighted by Gasteiger charge is -2.13. The molecule has 0 aliphatic heterocycles. The summed E-state index contributed by atoms with van der Waals surface area (Å²) >= 11 is 0. The van der Waals surface area contributed by atoms with Crippen molar-refractivity contribution in [2.45, 2.75) is 20.8 Å². The number of aryl methyl sites for hydroxylation is 2. The Morgan fingerprint density at radius 1 is 1.07 bits per heavy atom. The molecule has 4 rings (SSSR count). The Morgan fingerprint density at radius 2 is 1.76 bits per heavy atom. The molecule has 3 aromatic heterocycles. The highest BCUT2D eigenvalue weighted by atomic mass is 16.5. The number of carbonyl (C=O) groups is 1. The van der Waals surface area contributed by atoms with Crippen molar-refractivity contribution in [3.05, 3.63) is 56.5 Å². The zero-order chi connectivity index (χ0) is 21.0. The standard InChI is InChI=1S/C20H21N5O4/c1-11(26)10-29-15-9-7-6-8-14(15)24-12(2)13(3)25-16-17(21-19(24)25)22(4)20(28)23(5)18(16)27/h6-9H,10H2,1-5H3. The smallest absolute Gasteiger partial charge is 0.332 e. The van der Waals surface area contributed by atoms with Gasteiger partial charge in [-0.2, -0.15) is 4.98 Å². The van der Waals surface area contributed by atoms with E-state index < -0.39 is 11.2 Å². The van der Waals surface area contributed by atoms with Gasteiger partial charge in [0.2, 0.25) is 5.78 Å². The van der Waals surface area contributed by atoms with Crippen LogP contribution in [-0.2, 0) is 18.9 Å². The van der Waals surface area contributed by atoms with E-state index in [2.05, 4.69) is 4.98 Å². The number of rotatable bonds is 4. The van der Waals surface area contributed by atoms with E-state index in [9.17, 15) is 14.4 Å². The Hall–Kier alpha value is -3.62. The van der Waals surface area contributed by atoms with Gasteiger partial charge in [0.05, 0.1) is 5.69 Å². The molecule has 0 bridgehead atoms. The molecule has 0 aliphatic rings. The first-order valence-corrected chi connectivity index (χ1v) is 9.11. The summed E-state index contributed by atoms with van der Waals surface area (Å²) in [6, 6.07) is 7.32. The molecule has 9 nitrogen and oxygen atoms in total. The Morgan fingerprint density at radius 3 is 2.45 bits per heavy atom. The second-order valence-electron chi connectivity index (χ2n) is 7.09. The zero-order valence-corrected chi connectivity index (χ0v) is 16.9. The molecule has 3 heterocycles. The van der Waals surface area contributed by atoms with Crippen LogP contribution in [0, 0.1) is 13.8 Å². The monoisotopic (exact) mass is 395 g/mol. The molecular formula is C20H21N5O4. The molecule has 0 fully saturated rings. The summed E-state index contributed by atoms with van der Waals surface area (Å²) in [5.41, 5.74) is 2.19. The summed E-state index contributed by atoms with van der Waals surface area (Å²) in [5.74, 6) is 0.930. The van der Waals surface area contributed by atoms with Crippen LogP contribution in [0.25, 0.3) is 22.6 Å². The van der Waals surface area contributed by atoms with Gasteiger partial charge in [-0.25, -0.2) is 4.79 Å². The molecule has 0 saturated heterocycles. The molecule has 150 valence electrons. The number of nitrogens with zero attached hydrogens (tertiary/aromatic N) is 5. The number of ketones is 1. The quantitative estimate of drug-likeness (QED) is 0.519. The number of Topliss-reactive ketones (excluding diaryl/α,β-unsaturated/α-hetero) is 1. The number of para-hydroxylation sites is 2. The average molecular weight is 395 g/mol. The normalized spacial score (nSPS) is 11.5. The van der Waals surface area contributed by atoms with E-state index in [1.54, 1.807) is 17.5 Å². The fraction of sp³-hybridized carbons (Fsp3) is 0.300. The molecule has 0 atom stereocenters. The first-order chi connectivity index (χ1) is 13.7. The number of fused-ring (bicyclic) bond motifs is 3. The van der Waals surface area contributed by atoms with Gasteiger partial charge in [-0.15, -0.1) is 0 Å². The maximum absolute atomic E-state index is 12.8. The van der Waals surface area contributed by atoms with Gasteiger partial charge in [0.25, 0.3) is 5.56 Å². The van der Waals surface area contributed by atoms with Crippen LogP contribution >= 0.6 is 0 Å². The van der Waals surface area contributed by atoms with E-state index in [0.717, 1.165) is 16.0 Å². The van der Waals surface area contributed by atoms with E-state index in [0.29, 0.717) is 28.4 Å². The number of hydrogen-bond acceptors (Lipinski definition) is 5. The average Bonchev–Trinajstić information content (AvgIpc) is 3.19. The first kappa shape index (κ1) is 18.7. The van der Waals surface area contributed by atoms with E-state index in [1.165, 1.54) is 18.5 Å². The molecular weight excluding hydrogens is 374 g/mol. The predicted molar refractivity (Wildman–Crippen MR) is 108 cm³/mol. The van der Waals surface area contributed by atoms with E-state index in [-0.39, 0.29) is 12.4 Å². The lowest BCUT2D eigenvalue weighted by molar-refractivity contribution is -0.118. The molecule has 0 unspecified atom stereocenters. The number of carbonyl (C=O) groups excluding carboxylic acids is 1. The van der Waals surface area contributed by atoms with Crippen LogP contribution in [0.5, 0.6) is 5.75 Å². The molecule has 0 aliphatic carbocycles. The van der Waals surface area contributed by atoms with Crippen molar-refractivity contribution in [1.82, 2.24) is 23.1 Å². The highest BCUT2D eigenvalue weighted by Crippen LogP contribution is 2.29. The highest BCUT2D eigenvalue weighted by molar-refractivity contribution is 5.78. The fourth-order valence-electron chi connectivity index (χ4n) is 3.56. The van der Waals surface area contributed by atoms with Crippen molar-refractivity contribution in [3.63, 3.8) is 0 Å². The molecule has 0 amide bonds. The maximum Gasteiger partial charge on any atom is 0.332 e. The van der Waals surface area contributed by atoms with Crippen LogP contribution in [0.1, 0.15) is 18.3 Å². The van der Waals surface area contributed by atoms with Gasteiger partial charge in [0.15, 0.2) is 16.9 Å². The maximum atomic E-state index is 12.8. The molecule has 1 aromatic carbocycles. The number of imidazole rings is 2. The lowest BCUT2D eigenvalue weighted by atomic mass is 10.2. The van der Waals surface area contributed by atoms with Gasteiger partial charge in [0, 0.05) is 25.5 Å². The van der Waals surface area contributed by atoms with E-state index >= 15 is 0 Å². The first-order valence-electron chi connectivity index (χ1n) is 9.11. The summed E-state index contributed by atoms with van der Waals surface area (Å²) < 4.78 is 11.8. The summed E-state index contributed by atoms with van der Waals surface area (Å²) in [4.78, 5) is 41.2. The van der Waals surface area contributed by atoms with Crippen molar-refractivity contribution in [2.75, 3.05) is 6.61 Å². The summed E-state index contributed by atoms with van der Waals surface area (Å²) in [6.45, 7) is 5.23. The SMILES string of the molecule is CC(=O)COc1ccccc1-n1c(C)c(C)n2c3c(=O)n(C)c(=O)n(C)c3nc12. The summed E-state index contributed by atoms with van der Waals surface area (Å²) in [7, 11) is 3.04. The zero-order valence-electron chi connectivity index (χ0n) is 16.9. The third-order valence-corrected chi connectivity index (χ3v) is 5.17. The molecule has 0 saturated carbocycles. The van der Waals surface area contributed by atoms with Gasteiger partial charge in [-0.05, 0) is 32.9 Å². The minimum Gasteiger partial charge on any atom is -0.484 e. The number of ether oxygens (including phenoxy) is 1. The predicted octanol–water partition coefficient (Wildman–Crippen LogP) is 1.26. The van der Waals surface area contributed by atoms with Crippen LogP contribution in [0.4, 0.5) is 0 Å². The Bertz CT molecular complexity index is 1420. The molecule has 4 aromatic rings. The van der Waals surface area contributed by atoms with Crippen molar-refractivity contribution < 1.29 is 9.53 Å². The summed E-state index contributed by atoms with van der Waals surface area (Å²) in [6.07, 6.45) is 0. The van der Waals surface area contributed by atoms with Gasteiger partial charge < -0.3 is 4.74 Å². The Kier molecular flexibility index (Phi) is 4.18. The van der Waals surface area contributed by atoms with Crippen LogP contribution in [0.3, 0.4) is 0 Å². The van der Waals surface area contributed by atoms with Crippen molar-refractivity contribution in [3.8, 4) is 11.4 Å². The van der Waals surface area contributed by atoms with E-state index in [1.807, 2.05) is 36.6 Å². The molecule has 0 N–H and O–H groups in total. The topological polar surface area (TPSA) is 92.5 Å². The van der Waals surface area contributed by atoms with Gasteiger partial charge in [-0.3, -0.25) is 27.7 Å². The molecule has 0 spiro atoms. The molecule has 29 heavy (non-hydrogen) atoms. The lowest BCUT2D eigenvalue weighted by Crippen LogP contribution is -2.37. The Labute approximate surface area is 165 Å². The number of hydrogen-bond donors (Lipinski definition) is 0. The molecule has 0 radical (unpaired) electrons. The van der Waals surface area contributed by atoms with Crippen LogP contribution in [0.2, 0.25) is 0 Å². The fourth-order valence-corrected chi connectivity index (χ4v) is 3.56. The van der Waals surface area contributed by atoms with Crippen LogP contribution < -0.4 is 16.0 Å². The van der Waals surface area contributed by atoms with E-state index in [4.69, 9.17) is 4.74 Å². The third kappa shape index (κ3) is 2.61. The largest absolute Gasteiger partial charge is 0.484 e. The summed E-state index contributed by atoms with van der Waals surface area (Å²) in [5, 5.41) is 0. The minimum absolute atomic E-state index is 0.0436. The second-order valence-corrected chi connectivity index (χ2v) is 7.09. The van der Waals surface area contributed by atoms with Gasteiger partial charge in [-0.1, -0.05) is 12.1 Å². The van der Waals surface area contributed by atoms with Crippen LogP contribution in [0.15, 0.2) is 33.9 Å². The molecule has 9 heteroatoms. The van der Waals surface area contributed by atoms with Crippen LogP contribution in [-0.4, -0.2) is 35.5 Å². The number of benzene rings is 1. The minimum atomic E-state index is -0.436. The second kappa shape index (κ2) is 6.47. The van der Waals surface area contributed by atoms with Crippen molar-refractivity contribution in [2.24, 2.45) is 14.1 Å². The third-order valence-electron chi connectivity index (χ3n) is 5.17. The van der Waals surface area contributed by atoms with Gasteiger partial charge in [0.1, 0.15) is 12.4 Å². The Balaban J connectivity index is 2.11.